The molecule has 0 amide bonds. The molecule has 6 rings (SSSR count). The van der Waals surface area contributed by atoms with Crippen molar-refractivity contribution in [2.24, 2.45) is 25.6 Å². The maximum Gasteiger partial charge on any atom is 0.198 e. The highest BCUT2D eigenvalue weighted by molar-refractivity contribution is 5.64. The second kappa shape index (κ2) is 9.66. The highest BCUT2D eigenvalue weighted by atomic mass is 15.5. The fraction of sp³-hybridized carbons (Fsp3) is 0.107. The van der Waals surface area contributed by atoms with Gasteiger partial charge in [-0.05, 0) is 57.2 Å². The van der Waals surface area contributed by atoms with E-state index in [9.17, 15) is 0 Å². The lowest BCUT2D eigenvalue weighted by molar-refractivity contribution is 0.859. The molecule has 10 nitrogen and oxygen atoms in total. The molecule has 0 unspecified atom stereocenters. The fourth-order valence-electron chi connectivity index (χ4n) is 4.08. The van der Waals surface area contributed by atoms with E-state index in [1.165, 1.54) is 5.56 Å². The first kappa shape index (κ1) is 23.2. The predicted molar refractivity (Wildman–Crippen MR) is 146 cm³/mol. The number of rotatable bonds is 6. The maximum atomic E-state index is 4.79. The maximum absolute atomic E-state index is 4.79. The summed E-state index contributed by atoms with van der Waals surface area (Å²) in [6.07, 6.45) is 0. The summed E-state index contributed by atoms with van der Waals surface area (Å²) in [6.45, 7) is 5.83. The molecule has 0 spiro atoms. The van der Waals surface area contributed by atoms with Gasteiger partial charge in [0.25, 0.3) is 0 Å². The van der Waals surface area contributed by atoms with Crippen LogP contribution in [-0.4, -0.2) is 19.0 Å². The van der Waals surface area contributed by atoms with Gasteiger partial charge < -0.3 is 0 Å². The first-order valence-corrected chi connectivity index (χ1v) is 12.1. The molecular weight excluding hydrogens is 476 g/mol. The fourth-order valence-corrected chi connectivity index (χ4v) is 4.08. The molecule has 3 aromatic carbocycles. The number of nitrogens with one attached hydrogen (secondary N) is 1. The van der Waals surface area contributed by atoms with Crippen LogP contribution in [0.25, 0.3) is 11.3 Å². The summed E-state index contributed by atoms with van der Waals surface area (Å²) in [6, 6.07) is 27.1. The van der Waals surface area contributed by atoms with Gasteiger partial charge in [-0.1, -0.05) is 54.1 Å². The van der Waals surface area contributed by atoms with Gasteiger partial charge in [0.1, 0.15) is 0 Å². The molecule has 0 saturated carbocycles. The van der Waals surface area contributed by atoms with E-state index in [4.69, 9.17) is 15.1 Å². The van der Waals surface area contributed by atoms with Crippen molar-refractivity contribution in [2.45, 2.75) is 20.8 Å². The Balaban J connectivity index is 1.57. The Hall–Kier alpha value is -5.25. The number of hydrogen-bond donors (Lipinski definition) is 1. The molecule has 38 heavy (non-hydrogen) atoms. The van der Waals surface area contributed by atoms with Gasteiger partial charge in [0.05, 0.1) is 28.5 Å². The molecule has 0 radical (unpaired) electrons. The number of imidazole rings is 2. The third kappa shape index (κ3) is 4.28. The molecule has 0 bridgehead atoms. The van der Waals surface area contributed by atoms with Crippen LogP contribution in [0.5, 0.6) is 0 Å². The summed E-state index contributed by atoms with van der Waals surface area (Å²) in [4.78, 5) is 9.59. The number of fused-ring (bicyclic) bond motifs is 3. The van der Waals surface area contributed by atoms with Crippen molar-refractivity contribution in [3.63, 3.8) is 0 Å². The average molecular weight is 501 g/mol. The molecule has 6 aromatic rings. The Morgan fingerprint density at radius 2 is 1.05 bits per heavy atom. The van der Waals surface area contributed by atoms with Crippen molar-refractivity contribution in [3.8, 4) is 0 Å². The zero-order chi connectivity index (χ0) is 26.1. The topological polar surface area (TPSA) is 108 Å². The molecule has 3 heterocycles. The number of anilines is 1. The quantitative estimate of drug-likeness (QED) is 0.194. The van der Waals surface area contributed by atoms with Crippen LogP contribution < -0.4 is 10.8 Å². The van der Waals surface area contributed by atoms with Crippen molar-refractivity contribution in [1.29, 1.82) is 0 Å². The molecule has 0 atom stereocenters. The highest BCUT2D eigenvalue weighted by Gasteiger charge is 2.23. The van der Waals surface area contributed by atoms with E-state index in [0.717, 1.165) is 17.1 Å². The smallest absolute Gasteiger partial charge is 0.198 e. The summed E-state index contributed by atoms with van der Waals surface area (Å²) in [5.74, 6) is 1.11. The molecule has 3 aromatic heterocycles. The van der Waals surface area contributed by atoms with Crippen LogP contribution in [0.2, 0.25) is 0 Å². The minimum Gasteiger partial charge on any atom is -0.278 e. The van der Waals surface area contributed by atoms with Gasteiger partial charge in [0.15, 0.2) is 28.3 Å². The lowest BCUT2D eigenvalue weighted by Gasteiger charge is -1.99. The molecule has 10 heteroatoms. The Bertz CT molecular complexity index is 1740. The Morgan fingerprint density at radius 3 is 1.53 bits per heavy atom. The van der Waals surface area contributed by atoms with E-state index in [2.05, 4.69) is 25.9 Å². The number of hydrogen-bond acceptors (Lipinski definition) is 8. The number of azo groups is 2. The number of aryl methyl sites for hydroxylation is 3. The molecule has 0 aliphatic rings. The molecule has 0 aliphatic heterocycles. The van der Waals surface area contributed by atoms with Gasteiger partial charge in [-0.3, -0.25) is 5.43 Å². The molecule has 0 fully saturated rings. The normalized spacial score (nSPS) is 11.9. The summed E-state index contributed by atoms with van der Waals surface area (Å²) in [7, 11) is 0. The lowest BCUT2D eigenvalue weighted by Crippen LogP contribution is -2.06. The van der Waals surface area contributed by atoms with Gasteiger partial charge >= 0.3 is 0 Å². The number of benzene rings is 3. The monoisotopic (exact) mass is 500 g/mol. The van der Waals surface area contributed by atoms with Crippen molar-refractivity contribution in [3.05, 3.63) is 107 Å². The third-order valence-electron chi connectivity index (χ3n) is 6.00. The van der Waals surface area contributed by atoms with Crippen LogP contribution in [0.3, 0.4) is 0 Å². The molecular formula is C28H24N10. The van der Waals surface area contributed by atoms with Crippen LogP contribution in [0, 0.1) is 20.8 Å². The minimum atomic E-state index is 0.555. The summed E-state index contributed by atoms with van der Waals surface area (Å²) < 4.78 is 3.68. The lowest BCUT2D eigenvalue weighted by atomic mass is 10.2. The van der Waals surface area contributed by atoms with Crippen LogP contribution in [-0.2, 0) is 0 Å². The average Bonchev–Trinajstić information content (AvgIpc) is 3.53. The van der Waals surface area contributed by atoms with Crippen LogP contribution >= 0.6 is 0 Å². The van der Waals surface area contributed by atoms with Gasteiger partial charge in [0, 0.05) is 0 Å². The summed E-state index contributed by atoms with van der Waals surface area (Å²) in [5, 5.41) is 23.3. The van der Waals surface area contributed by atoms with E-state index < -0.39 is 0 Å². The van der Waals surface area contributed by atoms with E-state index in [1.54, 1.807) is 0 Å². The summed E-state index contributed by atoms with van der Waals surface area (Å²) >= 11 is 0. The van der Waals surface area contributed by atoms with Gasteiger partial charge in [-0.2, -0.15) is 5.10 Å². The van der Waals surface area contributed by atoms with Crippen molar-refractivity contribution in [1.82, 2.24) is 19.0 Å². The van der Waals surface area contributed by atoms with Gasteiger partial charge in [-0.25, -0.2) is 19.0 Å². The van der Waals surface area contributed by atoms with Crippen molar-refractivity contribution in [2.75, 3.05) is 5.43 Å². The SMILES string of the molecule is Cc1ccc(NN=c2c3nc(C)c(N=Nc4ccccc4)n3n3c(N=Nc4ccccc4)c(C)nc23)cc1. The zero-order valence-electron chi connectivity index (χ0n) is 21.1. The Morgan fingerprint density at radius 1 is 0.579 bits per heavy atom. The number of aromatic nitrogens is 4. The van der Waals surface area contributed by atoms with E-state index in [-0.39, 0.29) is 0 Å². The van der Waals surface area contributed by atoms with Gasteiger partial charge in [-0.15, -0.1) is 20.5 Å². The van der Waals surface area contributed by atoms with E-state index in [1.807, 2.05) is 115 Å². The Labute approximate surface area is 218 Å². The standard InChI is InChI=1S/C28H24N10/c1-18-14-16-23(17-15-18)31-34-24-27-29-19(2)25(35-32-21-10-6-4-7-11-21)37(27)38-26(20(3)30-28(24)38)36-33-22-12-8-5-9-13-22/h4-17,31H,1-3H3. The molecule has 1 N–H and O–H groups in total. The minimum absolute atomic E-state index is 0.555. The Kier molecular flexibility index (Phi) is 5.89. The molecule has 0 saturated heterocycles. The predicted octanol–water partition coefficient (Wildman–Crippen LogP) is 7.10. The number of nitrogens with zero attached hydrogens (tertiary/aromatic N) is 9. The summed E-state index contributed by atoms with van der Waals surface area (Å²) in [5.41, 5.74) is 9.21. The first-order valence-electron chi connectivity index (χ1n) is 12.1. The van der Waals surface area contributed by atoms with E-state index in [0.29, 0.717) is 39.7 Å². The third-order valence-corrected chi connectivity index (χ3v) is 6.00. The molecule has 186 valence electrons. The van der Waals surface area contributed by atoms with Crippen LogP contribution in [0.1, 0.15) is 17.0 Å². The molecule has 0 aliphatic carbocycles. The van der Waals surface area contributed by atoms with Crippen molar-refractivity contribution < 1.29 is 0 Å². The largest absolute Gasteiger partial charge is 0.278 e. The zero-order valence-corrected chi connectivity index (χ0v) is 21.1. The van der Waals surface area contributed by atoms with Gasteiger partial charge in [0.2, 0.25) is 0 Å². The first-order chi connectivity index (χ1) is 18.6. The second-order valence-electron chi connectivity index (χ2n) is 8.82. The van der Waals surface area contributed by atoms with Crippen LogP contribution in [0.15, 0.2) is 110 Å². The highest BCUT2D eigenvalue weighted by Crippen LogP contribution is 2.29. The van der Waals surface area contributed by atoms with Crippen molar-refractivity contribution >= 4 is 40.0 Å². The van der Waals surface area contributed by atoms with E-state index >= 15 is 0 Å². The second-order valence-corrected chi connectivity index (χ2v) is 8.82. The van der Waals surface area contributed by atoms with Crippen LogP contribution in [0.4, 0.5) is 28.7 Å².